The van der Waals surface area contributed by atoms with E-state index in [1.165, 1.54) is 32.0 Å². The zero-order valence-electron chi connectivity index (χ0n) is 22.7. The number of sulfone groups is 1. The normalized spacial score (nSPS) is 13.5. The largest absolute Gasteiger partial charge is 0.494 e. The second-order valence-corrected chi connectivity index (χ2v) is 12.4. The fourth-order valence-electron chi connectivity index (χ4n) is 4.50. The molecule has 1 atom stereocenters. The molecule has 0 aromatic heterocycles. The lowest BCUT2D eigenvalue weighted by Gasteiger charge is -2.26. The lowest BCUT2D eigenvalue weighted by molar-refractivity contribution is -0.137. The van der Waals surface area contributed by atoms with Crippen LogP contribution in [0.1, 0.15) is 55.4 Å². The highest BCUT2D eigenvalue weighted by atomic mass is 32.2. The van der Waals surface area contributed by atoms with Crippen LogP contribution < -0.4 is 4.74 Å². The number of alkyl halides is 3. The van der Waals surface area contributed by atoms with Crippen LogP contribution in [0.2, 0.25) is 0 Å². The molecule has 0 saturated heterocycles. The monoisotopic (exact) mass is 563 g/mol. The van der Waals surface area contributed by atoms with Gasteiger partial charge in [-0.25, -0.2) is 8.42 Å². The smallest absolute Gasteiger partial charge is 0.416 e. The van der Waals surface area contributed by atoms with Gasteiger partial charge in [-0.05, 0) is 55.5 Å². The molecule has 1 N–H and O–H groups in total. The first-order valence-electron chi connectivity index (χ1n) is 12.8. The molecule has 3 aromatic carbocycles. The third-order valence-corrected chi connectivity index (χ3v) is 7.60. The predicted molar refractivity (Wildman–Crippen MR) is 146 cm³/mol. The van der Waals surface area contributed by atoms with Gasteiger partial charge < -0.3 is 9.84 Å². The standard InChI is InChI=1S/C30H36F3NO4S/c1-22(24-11-6-5-7-12-24)20-34(21-23-10-8-13-25(18-23)30(31,32)33)16-9-17-38-26-14-15-27(29(2,3)35)28(19-26)39(4,36)37/h5-8,10-15,18-19,22,35H,9,16-17,20-21H2,1-4H3. The Morgan fingerprint density at radius 2 is 1.67 bits per heavy atom. The van der Waals surface area contributed by atoms with Gasteiger partial charge in [0.05, 0.1) is 22.7 Å². The van der Waals surface area contributed by atoms with Crippen molar-refractivity contribution in [1.82, 2.24) is 4.90 Å². The highest BCUT2D eigenvalue weighted by Crippen LogP contribution is 2.31. The summed E-state index contributed by atoms with van der Waals surface area (Å²) in [6, 6.07) is 19.9. The molecular formula is C30H36F3NO4S. The molecule has 3 aromatic rings. The van der Waals surface area contributed by atoms with Crippen molar-refractivity contribution in [2.24, 2.45) is 0 Å². The second kappa shape index (κ2) is 12.5. The van der Waals surface area contributed by atoms with E-state index in [4.69, 9.17) is 4.74 Å². The predicted octanol–water partition coefficient (Wildman–Crippen LogP) is 6.41. The summed E-state index contributed by atoms with van der Waals surface area (Å²) >= 11 is 0. The molecule has 0 fully saturated rings. The molecule has 5 nitrogen and oxygen atoms in total. The molecule has 0 aliphatic heterocycles. The van der Waals surface area contributed by atoms with Crippen LogP contribution in [0.25, 0.3) is 0 Å². The Bertz CT molecular complexity index is 1340. The zero-order chi connectivity index (χ0) is 28.8. The Kier molecular flexibility index (Phi) is 9.85. The van der Waals surface area contributed by atoms with Gasteiger partial charge in [-0.1, -0.05) is 61.5 Å². The van der Waals surface area contributed by atoms with Crippen LogP contribution >= 0.6 is 0 Å². The maximum atomic E-state index is 13.3. The molecule has 0 aliphatic rings. The van der Waals surface area contributed by atoms with Crippen molar-refractivity contribution in [2.75, 3.05) is 26.0 Å². The van der Waals surface area contributed by atoms with E-state index in [1.807, 2.05) is 30.3 Å². The van der Waals surface area contributed by atoms with E-state index in [1.54, 1.807) is 18.2 Å². The van der Waals surface area contributed by atoms with E-state index in [9.17, 15) is 26.7 Å². The summed E-state index contributed by atoms with van der Waals surface area (Å²) in [4.78, 5) is 2.12. The first-order chi connectivity index (χ1) is 18.1. The van der Waals surface area contributed by atoms with Gasteiger partial charge in [0, 0.05) is 31.5 Å². The summed E-state index contributed by atoms with van der Waals surface area (Å²) < 4.78 is 70.2. The van der Waals surface area contributed by atoms with E-state index in [0.29, 0.717) is 42.9 Å². The number of halogens is 3. The molecule has 3 rings (SSSR count). The van der Waals surface area contributed by atoms with Crippen molar-refractivity contribution in [3.63, 3.8) is 0 Å². The van der Waals surface area contributed by atoms with Crippen molar-refractivity contribution in [3.8, 4) is 5.75 Å². The third kappa shape index (κ3) is 9.08. The Morgan fingerprint density at radius 3 is 2.28 bits per heavy atom. The van der Waals surface area contributed by atoms with Gasteiger partial charge in [-0.2, -0.15) is 13.2 Å². The van der Waals surface area contributed by atoms with Crippen LogP contribution in [0.4, 0.5) is 13.2 Å². The molecule has 0 heterocycles. The van der Waals surface area contributed by atoms with Gasteiger partial charge in [0.2, 0.25) is 0 Å². The van der Waals surface area contributed by atoms with Gasteiger partial charge in [-0.15, -0.1) is 0 Å². The average Bonchev–Trinajstić information content (AvgIpc) is 2.85. The first-order valence-corrected chi connectivity index (χ1v) is 14.7. The molecule has 0 saturated carbocycles. The fraction of sp³-hybridized carbons (Fsp3) is 0.400. The van der Waals surface area contributed by atoms with Crippen LogP contribution in [0.15, 0.2) is 77.7 Å². The van der Waals surface area contributed by atoms with E-state index in [0.717, 1.165) is 17.9 Å². The van der Waals surface area contributed by atoms with E-state index < -0.39 is 27.2 Å². The molecule has 0 radical (unpaired) electrons. The van der Waals surface area contributed by atoms with Crippen LogP contribution in [-0.4, -0.2) is 44.4 Å². The Hall–Kier alpha value is -2.88. The quantitative estimate of drug-likeness (QED) is 0.258. The maximum absolute atomic E-state index is 13.3. The molecule has 0 bridgehead atoms. The molecule has 39 heavy (non-hydrogen) atoms. The van der Waals surface area contributed by atoms with E-state index >= 15 is 0 Å². The number of hydrogen-bond acceptors (Lipinski definition) is 5. The number of ether oxygens (including phenoxy) is 1. The minimum atomic E-state index is -4.41. The lowest BCUT2D eigenvalue weighted by Crippen LogP contribution is -2.29. The minimum Gasteiger partial charge on any atom is -0.494 e. The Labute approximate surface area is 229 Å². The molecule has 0 spiro atoms. The van der Waals surface area contributed by atoms with Crippen molar-refractivity contribution in [1.29, 1.82) is 0 Å². The summed E-state index contributed by atoms with van der Waals surface area (Å²) in [5, 5.41) is 10.4. The summed E-state index contributed by atoms with van der Waals surface area (Å²) in [5.41, 5.74) is 0.000123. The van der Waals surface area contributed by atoms with Crippen molar-refractivity contribution < 1.29 is 31.4 Å². The topological polar surface area (TPSA) is 66.8 Å². The van der Waals surface area contributed by atoms with Gasteiger partial charge in [0.1, 0.15) is 5.75 Å². The lowest BCUT2D eigenvalue weighted by atomic mass is 9.98. The van der Waals surface area contributed by atoms with Crippen LogP contribution in [0, 0.1) is 0 Å². The summed E-state index contributed by atoms with van der Waals surface area (Å²) in [7, 11) is -3.60. The van der Waals surface area contributed by atoms with Gasteiger partial charge in [0.15, 0.2) is 9.84 Å². The van der Waals surface area contributed by atoms with Gasteiger partial charge in [0.25, 0.3) is 0 Å². The Balaban J connectivity index is 1.71. The van der Waals surface area contributed by atoms with Gasteiger partial charge in [-0.3, -0.25) is 4.90 Å². The number of benzene rings is 3. The Morgan fingerprint density at radius 1 is 0.974 bits per heavy atom. The van der Waals surface area contributed by atoms with E-state index in [2.05, 4.69) is 11.8 Å². The molecule has 0 amide bonds. The van der Waals surface area contributed by atoms with Gasteiger partial charge >= 0.3 is 6.18 Å². The molecule has 9 heteroatoms. The number of rotatable bonds is 12. The minimum absolute atomic E-state index is 0.00959. The van der Waals surface area contributed by atoms with Crippen LogP contribution in [0.5, 0.6) is 5.75 Å². The summed E-state index contributed by atoms with van der Waals surface area (Å²) in [6.45, 7) is 6.96. The SMILES string of the molecule is CC(CN(CCCOc1ccc(C(C)(C)O)c(S(C)(=O)=O)c1)Cc1cccc(C(F)(F)F)c1)c1ccccc1. The number of aliphatic hydroxyl groups is 1. The molecule has 212 valence electrons. The average molecular weight is 564 g/mol. The first kappa shape index (κ1) is 30.7. The zero-order valence-corrected chi connectivity index (χ0v) is 23.5. The number of nitrogens with zero attached hydrogens (tertiary/aromatic N) is 1. The molecule has 1 unspecified atom stereocenters. The van der Waals surface area contributed by atoms with E-state index in [-0.39, 0.29) is 17.4 Å². The fourth-order valence-corrected chi connectivity index (χ4v) is 5.54. The van der Waals surface area contributed by atoms with Crippen molar-refractivity contribution in [3.05, 3.63) is 95.1 Å². The molecule has 0 aliphatic carbocycles. The highest BCUT2D eigenvalue weighted by Gasteiger charge is 2.30. The highest BCUT2D eigenvalue weighted by molar-refractivity contribution is 7.90. The molecular weight excluding hydrogens is 527 g/mol. The van der Waals surface area contributed by atoms with Crippen molar-refractivity contribution >= 4 is 9.84 Å². The summed E-state index contributed by atoms with van der Waals surface area (Å²) in [5.74, 6) is 0.523. The maximum Gasteiger partial charge on any atom is 0.416 e. The number of hydrogen-bond donors (Lipinski definition) is 1. The van der Waals surface area contributed by atoms with Crippen LogP contribution in [-0.2, 0) is 28.2 Å². The third-order valence-electron chi connectivity index (χ3n) is 6.46. The van der Waals surface area contributed by atoms with Crippen LogP contribution in [0.3, 0.4) is 0 Å². The van der Waals surface area contributed by atoms with Crippen molar-refractivity contribution in [2.45, 2.75) is 56.3 Å². The summed E-state index contributed by atoms with van der Waals surface area (Å²) in [6.07, 6.45) is -2.75. The second-order valence-electron chi connectivity index (χ2n) is 10.4.